The normalized spacial score (nSPS) is 15.3. The Labute approximate surface area is 183 Å². The van der Waals surface area contributed by atoms with E-state index in [0.29, 0.717) is 29.7 Å². The SMILES string of the molecule is COc1ccc(CCN(C)C(=O)c2cn3c(n2)CC[C@@H](c2ccccc2)C3)cc1OC. The van der Waals surface area contributed by atoms with Gasteiger partial charge in [-0.15, -0.1) is 0 Å². The molecule has 0 saturated carbocycles. The Balaban J connectivity index is 1.39. The lowest BCUT2D eigenvalue weighted by Gasteiger charge is -2.23. The van der Waals surface area contributed by atoms with Crippen LogP contribution in [0.5, 0.6) is 11.5 Å². The number of hydrogen-bond donors (Lipinski definition) is 0. The Morgan fingerprint density at radius 3 is 2.65 bits per heavy atom. The molecule has 0 bridgehead atoms. The zero-order valence-electron chi connectivity index (χ0n) is 18.4. The third kappa shape index (κ3) is 4.58. The van der Waals surface area contributed by atoms with Gasteiger partial charge in [0.15, 0.2) is 11.5 Å². The van der Waals surface area contributed by atoms with Gasteiger partial charge in [0.2, 0.25) is 0 Å². The average Bonchev–Trinajstić information content (AvgIpc) is 3.25. The maximum atomic E-state index is 13.0. The molecule has 0 radical (unpaired) electrons. The van der Waals surface area contributed by atoms with Crippen molar-refractivity contribution in [1.82, 2.24) is 14.5 Å². The molecule has 0 N–H and O–H groups in total. The third-order valence-corrected chi connectivity index (χ3v) is 6.01. The number of imidazole rings is 1. The molecule has 6 nitrogen and oxygen atoms in total. The van der Waals surface area contributed by atoms with Gasteiger partial charge in [-0.05, 0) is 36.1 Å². The molecule has 1 aliphatic rings. The Morgan fingerprint density at radius 1 is 1.13 bits per heavy atom. The number of benzene rings is 2. The lowest BCUT2D eigenvalue weighted by molar-refractivity contribution is 0.0791. The van der Waals surface area contributed by atoms with Gasteiger partial charge in [0, 0.05) is 38.7 Å². The summed E-state index contributed by atoms with van der Waals surface area (Å²) in [4.78, 5) is 19.3. The molecule has 0 aliphatic carbocycles. The number of rotatable bonds is 7. The van der Waals surface area contributed by atoms with Crippen LogP contribution in [-0.4, -0.2) is 48.2 Å². The van der Waals surface area contributed by atoms with Crippen molar-refractivity contribution in [1.29, 1.82) is 0 Å². The molecule has 1 amide bonds. The predicted molar refractivity (Wildman–Crippen MR) is 120 cm³/mol. The molecule has 1 atom stereocenters. The number of hydrogen-bond acceptors (Lipinski definition) is 4. The van der Waals surface area contributed by atoms with Crippen molar-refractivity contribution in [3.05, 3.63) is 77.4 Å². The van der Waals surface area contributed by atoms with Gasteiger partial charge in [-0.25, -0.2) is 4.98 Å². The van der Waals surface area contributed by atoms with Gasteiger partial charge in [0.05, 0.1) is 14.2 Å². The summed E-state index contributed by atoms with van der Waals surface area (Å²) < 4.78 is 12.8. The maximum absolute atomic E-state index is 13.0. The highest BCUT2D eigenvalue weighted by Crippen LogP contribution is 2.29. The van der Waals surface area contributed by atoms with Crippen LogP contribution in [0.15, 0.2) is 54.7 Å². The van der Waals surface area contributed by atoms with Crippen LogP contribution in [0.3, 0.4) is 0 Å². The van der Waals surface area contributed by atoms with Gasteiger partial charge in [0.25, 0.3) is 5.91 Å². The minimum absolute atomic E-state index is 0.0429. The fourth-order valence-corrected chi connectivity index (χ4v) is 4.17. The van der Waals surface area contributed by atoms with Gasteiger partial charge in [-0.2, -0.15) is 0 Å². The maximum Gasteiger partial charge on any atom is 0.273 e. The van der Waals surface area contributed by atoms with Crippen molar-refractivity contribution >= 4 is 5.91 Å². The van der Waals surface area contributed by atoms with Crippen LogP contribution in [0.1, 0.15) is 39.8 Å². The molecule has 31 heavy (non-hydrogen) atoms. The molecule has 2 heterocycles. The molecule has 0 saturated heterocycles. The number of amides is 1. The summed E-state index contributed by atoms with van der Waals surface area (Å²) in [5.74, 6) is 2.83. The highest BCUT2D eigenvalue weighted by molar-refractivity contribution is 5.92. The van der Waals surface area contributed by atoms with Crippen molar-refractivity contribution in [3.8, 4) is 11.5 Å². The van der Waals surface area contributed by atoms with Crippen molar-refractivity contribution < 1.29 is 14.3 Å². The Hall–Kier alpha value is -3.28. The summed E-state index contributed by atoms with van der Waals surface area (Å²) in [6.45, 7) is 1.47. The second kappa shape index (κ2) is 9.25. The average molecular weight is 420 g/mol. The fraction of sp³-hybridized carbons (Fsp3) is 0.360. The van der Waals surface area contributed by atoms with E-state index in [2.05, 4.69) is 33.8 Å². The van der Waals surface area contributed by atoms with E-state index >= 15 is 0 Å². The number of likely N-dealkylation sites (N-methyl/N-ethyl adjacent to an activating group) is 1. The van der Waals surface area contributed by atoms with Gasteiger partial charge in [-0.1, -0.05) is 36.4 Å². The molecule has 162 valence electrons. The van der Waals surface area contributed by atoms with Gasteiger partial charge < -0.3 is 18.9 Å². The van der Waals surface area contributed by atoms with Crippen LogP contribution in [0.2, 0.25) is 0 Å². The van der Waals surface area contributed by atoms with E-state index in [1.54, 1.807) is 19.1 Å². The lowest BCUT2D eigenvalue weighted by Crippen LogP contribution is -2.29. The van der Waals surface area contributed by atoms with Gasteiger partial charge in [-0.3, -0.25) is 4.79 Å². The molecule has 6 heteroatoms. The topological polar surface area (TPSA) is 56.6 Å². The third-order valence-electron chi connectivity index (χ3n) is 6.01. The monoisotopic (exact) mass is 419 g/mol. The standard InChI is InChI=1S/C25H29N3O3/c1-27(14-13-18-9-11-22(30-2)23(15-18)31-3)25(29)21-17-28-16-20(10-12-24(28)26-21)19-7-5-4-6-8-19/h4-9,11,15,17,20H,10,12-14,16H2,1-3H3/t20-/m1/s1. The number of methoxy groups -OCH3 is 2. The van der Waals surface area contributed by atoms with E-state index < -0.39 is 0 Å². The molecule has 1 aliphatic heterocycles. The van der Waals surface area contributed by atoms with E-state index in [1.807, 2.05) is 37.5 Å². The molecule has 0 fully saturated rings. The Morgan fingerprint density at radius 2 is 1.90 bits per heavy atom. The van der Waals surface area contributed by atoms with E-state index in [4.69, 9.17) is 9.47 Å². The highest BCUT2D eigenvalue weighted by atomic mass is 16.5. The number of carbonyl (C=O) groups is 1. The Bertz CT molecular complexity index is 1050. The summed E-state index contributed by atoms with van der Waals surface area (Å²) in [7, 11) is 5.07. The lowest BCUT2D eigenvalue weighted by atomic mass is 9.92. The van der Waals surface area contributed by atoms with Crippen molar-refractivity contribution in [2.75, 3.05) is 27.8 Å². The first-order valence-corrected chi connectivity index (χ1v) is 10.7. The smallest absolute Gasteiger partial charge is 0.273 e. The number of fused-ring (bicyclic) bond motifs is 1. The van der Waals surface area contributed by atoms with Crippen LogP contribution in [0, 0.1) is 0 Å². The first kappa shape index (κ1) is 21.0. The zero-order chi connectivity index (χ0) is 21.8. The molecule has 0 spiro atoms. The van der Waals surface area contributed by atoms with Crippen LogP contribution in [-0.2, 0) is 19.4 Å². The van der Waals surface area contributed by atoms with Crippen LogP contribution in [0.4, 0.5) is 0 Å². The number of aromatic nitrogens is 2. The molecular formula is C25H29N3O3. The summed E-state index contributed by atoms with van der Waals surface area (Å²) in [6, 6.07) is 16.4. The predicted octanol–water partition coefficient (Wildman–Crippen LogP) is 3.95. The van der Waals surface area contributed by atoms with Gasteiger partial charge in [0.1, 0.15) is 11.5 Å². The van der Waals surface area contributed by atoms with Crippen LogP contribution < -0.4 is 9.47 Å². The summed E-state index contributed by atoms with van der Waals surface area (Å²) in [6.07, 6.45) is 4.60. The van der Waals surface area contributed by atoms with Crippen molar-refractivity contribution in [2.24, 2.45) is 0 Å². The number of ether oxygens (including phenoxy) is 2. The molecule has 0 unspecified atom stereocenters. The number of nitrogens with zero attached hydrogens (tertiary/aromatic N) is 3. The van der Waals surface area contributed by atoms with Crippen LogP contribution in [0.25, 0.3) is 0 Å². The first-order valence-electron chi connectivity index (χ1n) is 10.7. The minimum Gasteiger partial charge on any atom is -0.493 e. The quantitative estimate of drug-likeness (QED) is 0.582. The molecule has 2 aromatic carbocycles. The van der Waals surface area contributed by atoms with Crippen LogP contribution >= 0.6 is 0 Å². The van der Waals surface area contributed by atoms with Gasteiger partial charge >= 0.3 is 0 Å². The van der Waals surface area contributed by atoms with Crippen molar-refractivity contribution in [3.63, 3.8) is 0 Å². The van der Waals surface area contributed by atoms with E-state index in [9.17, 15) is 4.79 Å². The second-order valence-electron chi connectivity index (χ2n) is 8.01. The summed E-state index contributed by atoms with van der Waals surface area (Å²) >= 11 is 0. The highest BCUT2D eigenvalue weighted by Gasteiger charge is 2.24. The second-order valence-corrected chi connectivity index (χ2v) is 8.01. The van der Waals surface area contributed by atoms with E-state index in [1.165, 1.54) is 5.56 Å². The largest absolute Gasteiger partial charge is 0.493 e. The summed E-state index contributed by atoms with van der Waals surface area (Å²) in [5, 5.41) is 0. The van der Waals surface area contributed by atoms with E-state index in [0.717, 1.165) is 37.2 Å². The molecule has 4 rings (SSSR count). The Kier molecular flexibility index (Phi) is 6.26. The van der Waals surface area contributed by atoms with E-state index in [-0.39, 0.29) is 5.91 Å². The zero-order valence-corrected chi connectivity index (χ0v) is 18.4. The van der Waals surface area contributed by atoms with Crippen molar-refractivity contribution in [2.45, 2.75) is 31.7 Å². The first-order chi connectivity index (χ1) is 15.1. The minimum atomic E-state index is -0.0429. The fourth-order valence-electron chi connectivity index (χ4n) is 4.17. The number of carbonyl (C=O) groups excluding carboxylic acids is 1. The number of aryl methyl sites for hydroxylation is 1. The molecule has 3 aromatic rings. The summed E-state index contributed by atoms with van der Waals surface area (Å²) in [5.41, 5.74) is 2.97. The molecule has 1 aromatic heterocycles. The molecular weight excluding hydrogens is 390 g/mol.